The molecule has 0 aromatic heterocycles. The van der Waals surface area contributed by atoms with Gasteiger partial charge in [0.25, 0.3) is 11.8 Å². The molecule has 0 unspecified atom stereocenters. The number of rotatable bonds is 6. The number of fused-ring (bicyclic) bond motifs is 2. The largest absolute Gasteiger partial charge is 0.352 e. The lowest BCUT2D eigenvalue weighted by Crippen LogP contribution is -2.24. The minimum absolute atomic E-state index is 0.160. The Balaban J connectivity index is 0.00000155. The number of carbonyl (C=O) groups excluding carboxylic acids is 2. The summed E-state index contributed by atoms with van der Waals surface area (Å²) in [7, 11) is 0. The van der Waals surface area contributed by atoms with Gasteiger partial charge in [-0.3, -0.25) is 9.59 Å². The molecule has 1 aliphatic heterocycles. The summed E-state index contributed by atoms with van der Waals surface area (Å²) in [5.74, 6) is -0.321. The lowest BCUT2D eigenvalue weighted by Gasteiger charge is -2.10. The van der Waals surface area contributed by atoms with Gasteiger partial charge in [0.1, 0.15) is 0 Å². The second-order valence-corrected chi connectivity index (χ2v) is 7.31. The van der Waals surface area contributed by atoms with Gasteiger partial charge in [0.15, 0.2) is 0 Å². The van der Waals surface area contributed by atoms with Crippen LogP contribution in [0.25, 0.3) is 0 Å². The van der Waals surface area contributed by atoms with Gasteiger partial charge in [0.05, 0.1) is 11.3 Å². The van der Waals surface area contributed by atoms with E-state index < -0.39 is 0 Å². The summed E-state index contributed by atoms with van der Waals surface area (Å²) in [5, 5.41) is 5.85. The number of carbonyl (C=O) groups is 2. The lowest BCUT2D eigenvalue weighted by atomic mass is 10.1. The molecule has 0 aliphatic carbocycles. The van der Waals surface area contributed by atoms with E-state index in [0.29, 0.717) is 23.4 Å². The van der Waals surface area contributed by atoms with Crippen LogP contribution in [0.2, 0.25) is 0 Å². The van der Waals surface area contributed by atoms with Crippen molar-refractivity contribution in [3.05, 3.63) is 90.0 Å². The van der Waals surface area contributed by atoms with Gasteiger partial charge in [-0.25, -0.2) is 0 Å². The SMILES string of the molecule is C=C/C=C\C(=C/C)CCNC(=O)c1ccc2c(c1)NC(=O)c1ccccc1S2.CC. The zero-order valence-corrected chi connectivity index (χ0v) is 18.5. The van der Waals surface area contributed by atoms with E-state index in [-0.39, 0.29) is 11.8 Å². The van der Waals surface area contributed by atoms with Gasteiger partial charge in [0.2, 0.25) is 0 Å². The summed E-state index contributed by atoms with van der Waals surface area (Å²) in [6.45, 7) is 10.2. The Morgan fingerprint density at radius 2 is 1.93 bits per heavy atom. The highest BCUT2D eigenvalue weighted by molar-refractivity contribution is 7.99. The maximum atomic E-state index is 12.5. The Hall–Kier alpha value is -3.05. The van der Waals surface area contributed by atoms with E-state index >= 15 is 0 Å². The molecular weight excluding hydrogens is 392 g/mol. The fourth-order valence-corrected chi connectivity index (χ4v) is 3.86. The molecule has 3 rings (SSSR count). The van der Waals surface area contributed by atoms with Gasteiger partial charge in [-0.15, -0.1) is 0 Å². The van der Waals surface area contributed by atoms with Crippen molar-refractivity contribution in [2.24, 2.45) is 0 Å². The average Bonchev–Trinajstić information content (AvgIpc) is 2.92. The van der Waals surface area contributed by atoms with Crippen LogP contribution >= 0.6 is 11.8 Å². The minimum atomic E-state index is -0.161. The molecule has 0 bridgehead atoms. The first-order chi connectivity index (χ1) is 14.6. The van der Waals surface area contributed by atoms with Crippen LogP contribution in [0.1, 0.15) is 47.9 Å². The maximum Gasteiger partial charge on any atom is 0.256 e. The summed E-state index contributed by atoms with van der Waals surface area (Å²) >= 11 is 1.52. The highest BCUT2D eigenvalue weighted by Crippen LogP contribution is 2.38. The molecule has 0 fully saturated rings. The first-order valence-electron chi connectivity index (χ1n) is 10.1. The highest BCUT2D eigenvalue weighted by atomic mass is 32.2. The van der Waals surface area contributed by atoms with Crippen LogP contribution in [0.5, 0.6) is 0 Å². The van der Waals surface area contributed by atoms with Crippen molar-refractivity contribution in [3.8, 4) is 0 Å². The molecule has 0 atom stereocenters. The second-order valence-electron chi connectivity index (χ2n) is 6.23. The third-order valence-electron chi connectivity index (χ3n) is 4.36. The Morgan fingerprint density at radius 3 is 2.67 bits per heavy atom. The monoisotopic (exact) mass is 420 g/mol. The van der Waals surface area contributed by atoms with Crippen LogP contribution in [-0.2, 0) is 0 Å². The fraction of sp³-hybridized carbons (Fsp3) is 0.200. The first-order valence-corrected chi connectivity index (χ1v) is 10.9. The second kappa shape index (κ2) is 11.8. The topological polar surface area (TPSA) is 58.2 Å². The van der Waals surface area contributed by atoms with Crippen LogP contribution in [0.15, 0.2) is 88.7 Å². The molecule has 1 aliphatic rings. The summed E-state index contributed by atoms with van der Waals surface area (Å²) < 4.78 is 0. The summed E-state index contributed by atoms with van der Waals surface area (Å²) in [6, 6.07) is 12.9. The van der Waals surface area contributed by atoms with Gasteiger partial charge in [-0.2, -0.15) is 0 Å². The fourth-order valence-electron chi connectivity index (χ4n) is 2.85. The molecule has 0 radical (unpaired) electrons. The van der Waals surface area contributed by atoms with E-state index in [0.717, 1.165) is 21.8 Å². The molecule has 2 aromatic rings. The summed E-state index contributed by atoms with van der Waals surface area (Å²) in [6.07, 6.45) is 8.33. The Labute approximate surface area is 183 Å². The minimum Gasteiger partial charge on any atom is -0.352 e. The number of nitrogens with one attached hydrogen (secondary N) is 2. The summed E-state index contributed by atoms with van der Waals surface area (Å²) in [4.78, 5) is 26.8. The van der Waals surface area contributed by atoms with Crippen LogP contribution in [-0.4, -0.2) is 18.4 Å². The number of allylic oxidation sites excluding steroid dienone is 4. The third-order valence-corrected chi connectivity index (χ3v) is 5.51. The number of hydrogen-bond donors (Lipinski definition) is 2. The number of benzene rings is 2. The van der Waals surface area contributed by atoms with Crippen molar-refractivity contribution in [2.75, 3.05) is 11.9 Å². The van der Waals surface area contributed by atoms with Crippen LogP contribution in [0.4, 0.5) is 5.69 Å². The van der Waals surface area contributed by atoms with Crippen molar-refractivity contribution >= 4 is 29.3 Å². The van der Waals surface area contributed by atoms with E-state index in [4.69, 9.17) is 0 Å². The third kappa shape index (κ3) is 5.97. The molecule has 156 valence electrons. The molecule has 0 saturated carbocycles. The molecule has 4 nitrogen and oxygen atoms in total. The summed E-state index contributed by atoms with van der Waals surface area (Å²) in [5.41, 5.74) is 2.95. The average molecular weight is 421 g/mol. The van der Waals surface area contributed by atoms with Crippen LogP contribution in [0, 0.1) is 0 Å². The Morgan fingerprint density at radius 1 is 1.17 bits per heavy atom. The Kier molecular flexibility index (Phi) is 9.16. The molecule has 1 heterocycles. The number of anilines is 1. The number of hydrogen-bond acceptors (Lipinski definition) is 3. The molecule has 0 spiro atoms. The molecule has 2 N–H and O–H groups in total. The zero-order valence-electron chi connectivity index (χ0n) is 17.7. The van der Waals surface area contributed by atoms with E-state index in [1.807, 2.05) is 63.3 Å². The molecule has 5 heteroatoms. The molecule has 0 saturated heterocycles. The van der Waals surface area contributed by atoms with E-state index in [9.17, 15) is 9.59 Å². The van der Waals surface area contributed by atoms with Crippen molar-refractivity contribution in [1.29, 1.82) is 0 Å². The van der Waals surface area contributed by atoms with Crippen LogP contribution < -0.4 is 10.6 Å². The lowest BCUT2D eigenvalue weighted by molar-refractivity contribution is 0.0952. The van der Waals surface area contributed by atoms with Gasteiger partial charge in [0, 0.05) is 21.9 Å². The predicted octanol–water partition coefficient (Wildman–Crippen LogP) is 6.24. The Bertz CT molecular complexity index is 977. The highest BCUT2D eigenvalue weighted by Gasteiger charge is 2.20. The van der Waals surface area contributed by atoms with Crippen molar-refractivity contribution in [3.63, 3.8) is 0 Å². The molecule has 2 aromatic carbocycles. The van der Waals surface area contributed by atoms with Crippen molar-refractivity contribution in [1.82, 2.24) is 5.32 Å². The van der Waals surface area contributed by atoms with E-state index in [1.54, 1.807) is 24.3 Å². The van der Waals surface area contributed by atoms with Crippen molar-refractivity contribution < 1.29 is 9.59 Å². The van der Waals surface area contributed by atoms with Gasteiger partial charge in [-0.1, -0.05) is 74.2 Å². The maximum absolute atomic E-state index is 12.5. The van der Waals surface area contributed by atoms with Crippen molar-refractivity contribution in [2.45, 2.75) is 37.0 Å². The van der Waals surface area contributed by atoms with E-state index in [2.05, 4.69) is 17.2 Å². The van der Waals surface area contributed by atoms with Crippen LogP contribution in [0.3, 0.4) is 0 Å². The normalized spacial score (nSPS) is 12.6. The number of amides is 2. The zero-order chi connectivity index (χ0) is 21.9. The van der Waals surface area contributed by atoms with Gasteiger partial charge < -0.3 is 10.6 Å². The van der Waals surface area contributed by atoms with E-state index in [1.165, 1.54) is 11.8 Å². The first kappa shape index (κ1) is 23.2. The quantitative estimate of drug-likeness (QED) is 0.544. The standard InChI is InChI=1S/C23H22N2O2S.C2H6/c1-3-5-8-16(4-2)13-14-24-22(26)17-11-12-21-19(15-17)25-23(27)18-9-6-7-10-20(18)28-21;1-2/h3-12,15H,1,13-14H2,2H3,(H,24,26)(H,25,27);1-2H3/b8-5-,16-4+;. The molecule has 2 amide bonds. The molecule has 30 heavy (non-hydrogen) atoms. The smallest absolute Gasteiger partial charge is 0.256 e. The molecular formula is C25H28N2O2S. The van der Waals surface area contributed by atoms with Gasteiger partial charge in [-0.05, 0) is 43.7 Å². The van der Waals surface area contributed by atoms with Gasteiger partial charge >= 0.3 is 0 Å². The predicted molar refractivity (Wildman–Crippen MR) is 126 cm³/mol.